The molecule has 4 rings (SSSR count). The minimum absolute atomic E-state index is 0. The lowest BCUT2D eigenvalue weighted by Crippen LogP contribution is -2.37. The summed E-state index contributed by atoms with van der Waals surface area (Å²) in [5.74, 6) is 0.794. The van der Waals surface area contributed by atoms with Gasteiger partial charge >= 0.3 is 0 Å². The Morgan fingerprint density at radius 1 is 0.970 bits per heavy atom. The summed E-state index contributed by atoms with van der Waals surface area (Å²) in [5, 5.41) is 11.4. The SMILES string of the molecule is CCNC(=NCc1ccccc1CN1CCOCC1)NCc1ccn(-c2ccccc2)n1.I. The second-order valence-electron chi connectivity index (χ2n) is 7.79. The number of hydrogen-bond donors (Lipinski definition) is 2. The van der Waals surface area contributed by atoms with E-state index < -0.39 is 0 Å². The minimum Gasteiger partial charge on any atom is -0.379 e. The smallest absolute Gasteiger partial charge is 0.191 e. The van der Waals surface area contributed by atoms with E-state index in [9.17, 15) is 0 Å². The summed E-state index contributed by atoms with van der Waals surface area (Å²) in [4.78, 5) is 7.28. The topological polar surface area (TPSA) is 66.7 Å². The molecular formula is C25H33IN6O. The van der Waals surface area contributed by atoms with Crippen LogP contribution in [0.1, 0.15) is 23.7 Å². The number of ether oxygens (including phenoxy) is 1. The zero-order chi connectivity index (χ0) is 22.0. The predicted octanol–water partition coefficient (Wildman–Crippen LogP) is 3.58. The number of hydrogen-bond acceptors (Lipinski definition) is 4. The van der Waals surface area contributed by atoms with E-state index >= 15 is 0 Å². The minimum atomic E-state index is 0. The summed E-state index contributed by atoms with van der Waals surface area (Å²) < 4.78 is 7.37. The number of nitrogens with zero attached hydrogens (tertiary/aromatic N) is 4. The van der Waals surface area contributed by atoms with Crippen LogP contribution in [0.3, 0.4) is 0 Å². The summed E-state index contributed by atoms with van der Waals surface area (Å²) in [7, 11) is 0. The van der Waals surface area contributed by atoms with E-state index in [-0.39, 0.29) is 24.0 Å². The molecule has 0 amide bonds. The monoisotopic (exact) mass is 560 g/mol. The molecule has 2 aromatic carbocycles. The van der Waals surface area contributed by atoms with Gasteiger partial charge in [-0.15, -0.1) is 24.0 Å². The molecule has 1 aliphatic rings. The summed E-state index contributed by atoms with van der Waals surface area (Å²) in [6, 6.07) is 20.7. The Morgan fingerprint density at radius 3 is 2.45 bits per heavy atom. The fraction of sp³-hybridized carbons (Fsp3) is 0.360. The van der Waals surface area contributed by atoms with Crippen LogP contribution in [0.15, 0.2) is 71.9 Å². The average Bonchev–Trinajstić information content (AvgIpc) is 3.32. The summed E-state index contributed by atoms with van der Waals surface area (Å²) in [6.07, 6.45) is 1.98. The van der Waals surface area contributed by atoms with Gasteiger partial charge in [-0.2, -0.15) is 5.10 Å². The van der Waals surface area contributed by atoms with Crippen molar-refractivity contribution in [2.75, 3.05) is 32.8 Å². The van der Waals surface area contributed by atoms with E-state index in [1.54, 1.807) is 0 Å². The van der Waals surface area contributed by atoms with E-state index in [2.05, 4.69) is 51.8 Å². The fourth-order valence-electron chi connectivity index (χ4n) is 3.73. The molecule has 1 aliphatic heterocycles. The summed E-state index contributed by atoms with van der Waals surface area (Å²) in [5.41, 5.74) is 4.60. The quantitative estimate of drug-likeness (QED) is 0.251. The molecule has 2 N–H and O–H groups in total. The first-order valence-electron chi connectivity index (χ1n) is 11.3. The molecule has 2 heterocycles. The van der Waals surface area contributed by atoms with Crippen LogP contribution >= 0.6 is 24.0 Å². The Kier molecular flexibility index (Phi) is 10.2. The van der Waals surface area contributed by atoms with E-state index in [0.717, 1.165) is 56.7 Å². The van der Waals surface area contributed by atoms with Crippen LogP contribution < -0.4 is 10.6 Å². The lowest BCUT2D eigenvalue weighted by atomic mass is 10.1. The Morgan fingerprint density at radius 2 is 1.70 bits per heavy atom. The number of morpholine rings is 1. The molecule has 0 spiro atoms. The molecule has 1 aromatic heterocycles. The number of rotatable bonds is 8. The zero-order valence-electron chi connectivity index (χ0n) is 19.1. The zero-order valence-corrected chi connectivity index (χ0v) is 21.4. The van der Waals surface area contributed by atoms with Crippen molar-refractivity contribution in [1.29, 1.82) is 0 Å². The van der Waals surface area contributed by atoms with Crippen LogP contribution in [-0.2, 0) is 24.4 Å². The van der Waals surface area contributed by atoms with Crippen LogP contribution in [0.5, 0.6) is 0 Å². The van der Waals surface area contributed by atoms with Gasteiger partial charge in [0.2, 0.25) is 0 Å². The number of aromatic nitrogens is 2. The normalized spacial score (nSPS) is 14.5. The van der Waals surface area contributed by atoms with Crippen LogP contribution in [0.2, 0.25) is 0 Å². The molecule has 176 valence electrons. The van der Waals surface area contributed by atoms with E-state index in [1.807, 2.05) is 47.3 Å². The molecule has 0 atom stereocenters. The van der Waals surface area contributed by atoms with E-state index in [0.29, 0.717) is 13.1 Å². The maximum atomic E-state index is 5.48. The van der Waals surface area contributed by atoms with Crippen molar-refractivity contribution >= 4 is 29.9 Å². The third-order valence-corrected chi connectivity index (χ3v) is 5.47. The lowest BCUT2D eigenvalue weighted by molar-refractivity contribution is 0.0341. The van der Waals surface area contributed by atoms with Crippen LogP contribution in [0.4, 0.5) is 0 Å². The molecule has 3 aromatic rings. The highest BCUT2D eigenvalue weighted by Crippen LogP contribution is 2.14. The standard InChI is InChI=1S/C25H32N6O.HI/c1-2-26-25(28-19-23-12-13-31(29-23)24-10-4-3-5-11-24)27-18-21-8-6-7-9-22(21)20-30-14-16-32-17-15-30;/h3-13H,2,14-20H2,1H3,(H2,26,27,28);1H. The first kappa shape index (κ1) is 25.2. The van der Waals surface area contributed by atoms with Crippen LogP contribution in [0.25, 0.3) is 5.69 Å². The highest BCUT2D eigenvalue weighted by atomic mass is 127. The molecule has 33 heavy (non-hydrogen) atoms. The highest BCUT2D eigenvalue weighted by molar-refractivity contribution is 14.0. The molecule has 0 bridgehead atoms. The van der Waals surface area contributed by atoms with Gasteiger partial charge < -0.3 is 15.4 Å². The van der Waals surface area contributed by atoms with Gasteiger partial charge in [0.1, 0.15) is 0 Å². The van der Waals surface area contributed by atoms with Crippen molar-refractivity contribution in [3.8, 4) is 5.69 Å². The molecule has 1 fully saturated rings. The van der Waals surface area contributed by atoms with Crippen molar-refractivity contribution in [1.82, 2.24) is 25.3 Å². The average molecular weight is 560 g/mol. The molecule has 0 radical (unpaired) electrons. The van der Waals surface area contributed by atoms with E-state index in [4.69, 9.17) is 9.73 Å². The number of guanidine groups is 1. The fourth-order valence-corrected chi connectivity index (χ4v) is 3.73. The van der Waals surface area contributed by atoms with Gasteiger partial charge in [0, 0.05) is 32.4 Å². The van der Waals surface area contributed by atoms with Crippen molar-refractivity contribution in [3.05, 3.63) is 83.7 Å². The number of benzene rings is 2. The molecule has 0 unspecified atom stereocenters. The molecule has 7 nitrogen and oxygen atoms in total. The van der Waals surface area contributed by atoms with Crippen molar-refractivity contribution in [2.24, 2.45) is 4.99 Å². The summed E-state index contributed by atoms with van der Waals surface area (Å²) in [6.45, 7) is 8.66. The van der Waals surface area contributed by atoms with Crippen LogP contribution in [0, 0.1) is 0 Å². The number of para-hydroxylation sites is 1. The van der Waals surface area contributed by atoms with E-state index in [1.165, 1.54) is 11.1 Å². The second kappa shape index (κ2) is 13.3. The Bertz CT molecular complexity index is 1000. The highest BCUT2D eigenvalue weighted by Gasteiger charge is 2.12. The van der Waals surface area contributed by atoms with Gasteiger partial charge in [-0.3, -0.25) is 4.90 Å². The maximum Gasteiger partial charge on any atom is 0.191 e. The second-order valence-corrected chi connectivity index (χ2v) is 7.79. The van der Waals surface area contributed by atoms with Gasteiger partial charge in [0.15, 0.2) is 5.96 Å². The predicted molar refractivity (Wildman–Crippen MR) is 143 cm³/mol. The van der Waals surface area contributed by atoms with Gasteiger partial charge in [-0.25, -0.2) is 9.67 Å². The van der Waals surface area contributed by atoms with Crippen molar-refractivity contribution in [2.45, 2.75) is 26.6 Å². The first-order valence-corrected chi connectivity index (χ1v) is 11.3. The molecule has 8 heteroatoms. The van der Waals surface area contributed by atoms with Gasteiger partial charge in [-0.1, -0.05) is 42.5 Å². The van der Waals surface area contributed by atoms with Gasteiger partial charge in [0.05, 0.1) is 37.7 Å². The first-order chi connectivity index (χ1) is 15.8. The molecule has 1 saturated heterocycles. The summed E-state index contributed by atoms with van der Waals surface area (Å²) >= 11 is 0. The van der Waals surface area contributed by atoms with Gasteiger partial charge in [-0.05, 0) is 36.2 Å². The Balaban J connectivity index is 0.00000306. The number of aliphatic imine (C=N–C) groups is 1. The number of halogens is 1. The molecular weight excluding hydrogens is 527 g/mol. The third-order valence-electron chi connectivity index (χ3n) is 5.47. The van der Waals surface area contributed by atoms with Crippen molar-refractivity contribution in [3.63, 3.8) is 0 Å². The lowest BCUT2D eigenvalue weighted by Gasteiger charge is -2.27. The van der Waals surface area contributed by atoms with Gasteiger partial charge in [0.25, 0.3) is 0 Å². The maximum absolute atomic E-state index is 5.48. The largest absolute Gasteiger partial charge is 0.379 e. The molecule has 0 saturated carbocycles. The third kappa shape index (κ3) is 7.55. The Labute approximate surface area is 213 Å². The number of nitrogens with one attached hydrogen (secondary N) is 2. The van der Waals surface area contributed by atoms with Crippen molar-refractivity contribution < 1.29 is 4.74 Å². The van der Waals surface area contributed by atoms with Crippen LogP contribution in [-0.4, -0.2) is 53.5 Å². The molecule has 0 aliphatic carbocycles. The Hall–Kier alpha value is -2.43.